The van der Waals surface area contributed by atoms with Crippen molar-refractivity contribution in [2.75, 3.05) is 7.05 Å². The predicted molar refractivity (Wildman–Crippen MR) is 82.9 cm³/mol. The largest absolute Gasteiger partial charge is 0.312 e. The van der Waals surface area contributed by atoms with Gasteiger partial charge in [-0.25, -0.2) is 4.39 Å². The number of hydrogen-bond acceptors (Lipinski definition) is 2. The van der Waals surface area contributed by atoms with Crippen molar-refractivity contribution in [1.29, 1.82) is 0 Å². The highest BCUT2D eigenvalue weighted by atomic mass is 32.1. The van der Waals surface area contributed by atoms with Crippen LogP contribution in [0.5, 0.6) is 0 Å². The molecule has 0 spiro atoms. The molecule has 0 bridgehead atoms. The van der Waals surface area contributed by atoms with Crippen LogP contribution in [-0.4, -0.2) is 7.05 Å². The molecule has 0 amide bonds. The van der Waals surface area contributed by atoms with Crippen LogP contribution in [0.25, 0.3) is 0 Å². The highest BCUT2D eigenvalue weighted by Crippen LogP contribution is 2.42. The Bertz CT molecular complexity index is 605. The summed E-state index contributed by atoms with van der Waals surface area (Å²) in [5, 5.41) is 5.66. The number of nitrogens with one attached hydrogen (secondary N) is 1. The van der Waals surface area contributed by atoms with E-state index in [1.807, 2.05) is 31.4 Å². The lowest BCUT2D eigenvalue weighted by Crippen LogP contribution is -2.26. The van der Waals surface area contributed by atoms with Gasteiger partial charge in [-0.15, -0.1) is 11.3 Å². The summed E-state index contributed by atoms with van der Waals surface area (Å²) in [5.41, 5.74) is 3.74. The lowest BCUT2D eigenvalue weighted by Gasteiger charge is -2.31. The number of rotatable bonds is 3. The Hall–Kier alpha value is -1.19. The average molecular weight is 289 g/mol. The summed E-state index contributed by atoms with van der Waals surface area (Å²) in [4.78, 5) is 1.53. The van der Waals surface area contributed by atoms with Crippen LogP contribution in [-0.2, 0) is 6.42 Å². The maximum Gasteiger partial charge on any atom is 0.123 e. The van der Waals surface area contributed by atoms with E-state index < -0.39 is 0 Å². The lowest BCUT2D eigenvalue weighted by atomic mass is 9.79. The Labute approximate surface area is 123 Å². The van der Waals surface area contributed by atoms with E-state index in [1.165, 1.54) is 35.3 Å². The molecule has 1 aliphatic carbocycles. The number of halogens is 1. The summed E-state index contributed by atoms with van der Waals surface area (Å²) >= 11 is 1.87. The molecule has 0 fully saturated rings. The van der Waals surface area contributed by atoms with Crippen molar-refractivity contribution in [3.63, 3.8) is 0 Å². The van der Waals surface area contributed by atoms with Crippen LogP contribution in [0.4, 0.5) is 4.39 Å². The Morgan fingerprint density at radius 3 is 2.95 bits per heavy atom. The van der Waals surface area contributed by atoms with Crippen LogP contribution in [0.15, 0.2) is 29.6 Å². The normalized spacial score (nSPS) is 19.6. The van der Waals surface area contributed by atoms with Gasteiger partial charge in [-0.2, -0.15) is 0 Å². The van der Waals surface area contributed by atoms with E-state index in [-0.39, 0.29) is 11.9 Å². The predicted octanol–water partition coefficient (Wildman–Crippen LogP) is 4.58. The van der Waals surface area contributed by atoms with Crippen molar-refractivity contribution in [2.24, 2.45) is 0 Å². The maximum absolute atomic E-state index is 13.3. The quantitative estimate of drug-likeness (QED) is 0.872. The van der Waals surface area contributed by atoms with Gasteiger partial charge in [0.2, 0.25) is 0 Å². The Morgan fingerprint density at radius 2 is 2.20 bits per heavy atom. The highest BCUT2D eigenvalue weighted by Gasteiger charge is 2.29. The minimum absolute atomic E-state index is 0.152. The second-order valence-corrected chi connectivity index (χ2v) is 6.57. The molecule has 0 aliphatic heterocycles. The van der Waals surface area contributed by atoms with E-state index >= 15 is 0 Å². The number of aryl methyl sites for hydroxylation is 2. The van der Waals surface area contributed by atoms with Crippen molar-refractivity contribution in [3.05, 3.63) is 57.0 Å². The van der Waals surface area contributed by atoms with Gasteiger partial charge in [0, 0.05) is 16.8 Å². The molecule has 1 heterocycles. The van der Waals surface area contributed by atoms with Gasteiger partial charge in [0.15, 0.2) is 0 Å². The second-order valence-electron chi connectivity index (χ2n) is 5.57. The molecule has 1 aliphatic rings. The monoisotopic (exact) mass is 289 g/mol. The first-order chi connectivity index (χ1) is 9.70. The summed E-state index contributed by atoms with van der Waals surface area (Å²) in [6.45, 7) is 2.00. The third kappa shape index (κ3) is 2.40. The lowest BCUT2D eigenvalue weighted by molar-refractivity contribution is 0.426. The van der Waals surface area contributed by atoms with E-state index in [0.717, 1.165) is 5.56 Å². The number of thiophene rings is 1. The average Bonchev–Trinajstić information content (AvgIpc) is 2.91. The van der Waals surface area contributed by atoms with Gasteiger partial charge >= 0.3 is 0 Å². The molecule has 0 saturated carbocycles. The van der Waals surface area contributed by atoms with Gasteiger partial charge in [-0.1, -0.05) is 6.07 Å². The molecule has 3 heteroatoms. The number of likely N-dealkylation sites (N-methyl/N-ethyl adjacent to an activating group) is 1. The van der Waals surface area contributed by atoms with Crippen molar-refractivity contribution in [3.8, 4) is 0 Å². The zero-order valence-electron chi connectivity index (χ0n) is 11.9. The Morgan fingerprint density at radius 1 is 1.35 bits per heavy atom. The highest BCUT2D eigenvalue weighted by molar-refractivity contribution is 7.10. The molecule has 1 aromatic carbocycles. The summed E-state index contributed by atoms with van der Waals surface area (Å²) in [7, 11) is 2.01. The summed E-state index contributed by atoms with van der Waals surface area (Å²) in [6, 6.07) is 7.69. The standard InChI is InChI=1S/C17H20FNS/c1-11-10-12(18)6-7-13(11)17(19-2)15-4-3-5-16-14(15)8-9-20-16/h6-10,15,17,19H,3-5H2,1-2H3. The summed E-state index contributed by atoms with van der Waals surface area (Å²) in [6.07, 6.45) is 3.66. The van der Waals surface area contributed by atoms with Crippen LogP contribution in [0, 0.1) is 12.7 Å². The molecular weight excluding hydrogens is 269 g/mol. The zero-order valence-corrected chi connectivity index (χ0v) is 12.8. The van der Waals surface area contributed by atoms with Crippen LogP contribution < -0.4 is 5.32 Å². The van der Waals surface area contributed by atoms with Gasteiger partial charge in [0.05, 0.1) is 0 Å². The van der Waals surface area contributed by atoms with Gasteiger partial charge < -0.3 is 5.32 Å². The first-order valence-electron chi connectivity index (χ1n) is 7.20. The maximum atomic E-state index is 13.3. The van der Waals surface area contributed by atoms with Crippen LogP contribution in [0.1, 0.15) is 46.4 Å². The molecule has 0 saturated heterocycles. The zero-order chi connectivity index (χ0) is 14.1. The van der Waals surface area contributed by atoms with Gasteiger partial charge in [0.1, 0.15) is 5.82 Å². The summed E-state index contributed by atoms with van der Waals surface area (Å²) in [5.74, 6) is 0.347. The molecule has 2 atom stereocenters. The summed E-state index contributed by atoms with van der Waals surface area (Å²) < 4.78 is 13.3. The number of hydrogen-bond donors (Lipinski definition) is 1. The molecule has 1 aromatic heterocycles. The molecule has 20 heavy (non-hydrogen) atoms. The van der Waals surface area contributed by atoms with Crippen molar-refractivity contribution in [1.82, 2.24) is 5.32 Å². The minimum atomic E-state index is -0.152. The van der Waals surface area contributed by atoms with E-state index in [0.29, 0.717) is 5.92 Å². The molecule has 0 radical (unpaired) electrons. The first-order valence-corrected chi connectivity index (χ1v) is 8.08. The fourth-order valence-corrected chi connectivity index (χ4v) is 4.43. The topological polar surface area (TPSA) is 12.0 Å². The smallest absolute Gasteiger partial charge is 0.123 e. The first kappa shape index (κ1) is 13.8. The van der Waals surface area contributed by atoms with E-state index in [9.17, 15) is 4.39 Å². The Kier molecular flexibility index (Phi) is 3.90. The molecule has 2 unspecified atom stereocenters. The third-order valence-electron chi connectivity index (χ3n) is 4.38. The van der Waals surface area contributed by atoms with E-state index in [2.05, 4.69) is 16.8 Å². The SMILES string of the molecule is CNC(c1ccc(F)cc1C)C1CCCc2sccc21. The fourth-order valence-electron chi connectivity index (χ4n) is 3.43. The molecular formula is C17H20FNS. The molecule has 3 rings (SSSR count). The van der Waals surface area contributed by atoms with Crippen LogP contribution in [0.2, 0.25) is 0 Å². The van der Waals surface area contributed by atoms with Crippen LogP contribution >= 0.6 is 11.3 Å². The van der Waals surface area contributed by atoms with Gasteiger partial charge in [0.25, 0.3) is 0 Å². The van der Waals surface area contributed by atoms with E-state index in [4.69, 9.17) is 0 Å². The van der Waals surface area contributed by atoms with E-state index in [1.54, 1.807) is 12.1 Å². The van der Waals surface area contributed by atoms with Crippen molar-refractivity contribution < 1.29 is 4.39 Å². The number of benzene rings is 1. The number of fused-ring (bicyclic) bond motifs is 1. The second kappa shape index (κ2) is 5.66. The fraction of sp³-hybridized carbons (Fsp3) is 0.412. The van der Waals surface area contributed by atoms with Gasteiger partial charge in [-0.05, 0) is 73.5 Å². The molecule has 106 valence electrons. The molecule has 1 nitrogen and oxygen atoms in total. The van der Waals surface area contributed by atoms with Gasteiger partial charge in [-0.3, -0.25) is 0 Å². The Balaban J connectivity index is 1.99. The minimum Gasteiger partial charge on any atom is -0.312 e. The molecule has 1 N–H and O–H groups in total. The van der Waals surface area contributed by atoms with Crippen molar-refractivity contribution in [2.45, 2.75) is 38.1 Å². The molecule has 2 aromatic rings. The third-order valence-corrected chi connectivity index (χ3v) is 5.38. The van der Waals surface area contributed by atoms with Crippen molar-refractivity contribution >= 4 is 11.3 Å². The van der Waals surface area contributed by atoms with Crippen LogP contribution in [0.3, 0.4) is 0 Å².